The molecule has 0 fully saturated rings. The van der Waals surface area contributed by atoms with Crippen molar-refractivity contribution in [1.29, 1.82) is 0 Å². The van der Waals surface area contributed by atoms with Gasteiger partial charge in [-0.1, -0.05) is 48.0 Å². The van der Waals surface area contributed by atoms with Crippen LogP contribution in [-0.2, 0) is 14.3 Å². The average molecular weight is 400 g/mol. The summed E-state index contributed by atoms with van der Waals surface area (Å²) in [6.07, 6.45) is 2.00. The smallest absolute Gasteiger partial charge is 0.347 e. The summed E-state index contributed by atoms with van der Waals surface area (Å²) in [5.74, 6) is -0.286. The largest absolute Gasteiger partial charge is 0.479 e. The Labute approximate surface area is 169 Å². The lowest BCUT2D eigenvalue weighted by molar-refractivity contribution is -0.157. The molecule has 0 spiro atoms. The Hall–Kier alpha value is -2.79. The predicted octanol–water partition coefficient (Wildman–Crippen LogP) is 3.97. The molecule has 0 radical (unpaired) electrons. The van der Waals surface area contributed by atoms with E-state index in [1.807, 2.05) is 24.3 Å². The third-order valence-corrected chi connectivity index (χ3v) is 4.75. The zero-order valence-corrected chi connectivity index (χ0v) is 16.4. The summed E-state index contributed by atoms with van der Waals surface area (Å²) in [5.41, 5.74) is 2.40. The SMILES string of the molecule is C[C@@H](Oc1ccc(Cl)cc1)C(=O)OCC(=O)N1CC=C(c2ccccc2)CC1. The minimum absolute atomic E-state index is 0.213. The Morgan fingerprint density at radius 2 is 1.82 bits per heavy atom. The topological polar surface area (TPSA) is 55.8 Å². The van der Waals surface area contributed by atoms with Crippen molar-refractivity contribution in [2.24, 2.45) is 0 Å². The zero-order chi connectivity index (χ0) is 19.9. The highest BCUT2D eigenvalue weighted by Crippen LogP contribution is 2.22. The van der Waals surface area contributed by atoms with Crippen molar-refractivity contribution in [1.82, 2.24) is 4.90 Å². The first-order valence-corrected chi connectivity index (χ1v) is 9.52. The summed E-state index contributed by atoms with van der Waals surface area (Å²) in [5, 5.41) is 0.583. The minimum Gasteiger partial charge on any atom is -0.479 e. The second-order valence-electron chi connectivity index (χ2n) is 6.51. The third-order valence-electron chi connectivity index (χ3n) is 4.50. The van der Waals surface area contributed by atoms with Gasteiger partial charge in [-0.15, -0.1) is 0 Å². The minimum atomic E-state index is -0.820. The maximum absolute atomic E-state index is 12.3. The van der Waals surface area contributed by atoms with Crippen LogP contribution in [0.5, 0.6) is 5.75 Å². The van der Waals surface area contributed by atoms with E-state index < -0.39 is 12.1 Å². The number of benzene rings is 2. The highest BCUT2D eigenvalue weighted by molar-refractivity contribution is 6.30. The van der Waals surface area contributed by atoms with E-state index in [-0.39, 0.29) is 12.5 Å². The number of halogens is 1. The van der Waals surface area contributed by atoms with Gasteiger partial charge >= 0.3 is 5.97 Å². The fraction of sp³-hybridized carbons (Fsp3) is 0.273. The van der Waals surface area contributed by atoms with Gasteiger partial charge in [0.1, 0.15) is 5.75 Å². The molecule has 0 bridgehead atoms. The Balaban J connectivity index is 1.45. The van der Waals surface area contributed by atoms with Crippen LogP contribution >= 0.6 is 11.6 Å². The van der Waals surface area contributed by atoms with Crippen LogP contribution in [0, 0.1) is 0 Å². The van der Waals surface area contributed by atoms with Gasteiger partial charge in [-0.2, -0.15) is 0 Å². The standard InChI is InChI=1S/C22H22ClNO4/c1-16(28-20-9-7-19(23)8-10-20)22(26)27-15-21(25)24-13-11-18(12-14-24)17-5-3-2-4-6-17/h2-11,16H,12-15H2,1H3/t16-/m1/s1. The van der Waals surface area contributed by atoms with Crippen LogP contribution < -0.4 is 4.74 Å². The van der Waals surface area contributed by atoms with Crippen molar-refractivity contribution >= 4 is 29.1 Å². The van der Waals surface area contributed by atoms with Gasteiger partial charge in [0.05, 0.1) is 0 Å². The van der Waals surface area contributed by atoms with Crippen molar-refractivity contribution in [2.75, 3.05) is 19.7 Å². The third kappa shape index (κ3) is 5.36. The molecule has 0 unspecified atom stereocenters. The lowest BCUT2D eigenvalue weighted by atomic mass is 10.00. The van der Waals surface area contributed by atoms with Gasteiger partial charge in [0.2, 0.25) is 0 Å². The molecule has 2 aromatic carbocycles. The highest BCUT2D eigenvalue weighted by Gasteiger charge is 2.22. The van der Waals surface area contributed by atoms with Gasteiger partial charge in [0.15, 0.2) is 12.7 Å². The molecule has 0 aliphatic carbocycles. The molecule has 146 valence electrons. The van der Waals surface area contributed by atoms with Crippen LogP contribution in [0.1, 0.15) is 18.9 Å². The van der Waals surface area contributed by atoms with Gasteiger partial charge < -0.3 is 14.4 Å². The van der Waals surface area contributed by atoms with Gasteiger partial charge in [-0.3, -0.25) is 4.79 Å². The Kier molecular flexibility index (Phi) is 6.71. The van der Waals surface area contributed by atoms with E-state index in [0.29, 0.717) is 23.9 Å². The Morgan fingerprint density at radius 1 is 1.11 bits per heavy atom. The molecular weight excluding hydrogens is 378 g/mol. The molecule has 0 N–H and O–H groups in total. The van der Waals surface area contributed by atoms with E-state index in [1.165, 1.54) is 11.1 Å². The molecule has 1 amide bonds. The number of amides is 1. The van der Waals surface area contributed by atoms with Gasteiger partial charge in [-0.05, 0) is 48.7 Å². The van der Waals surface area contributed by atoms with Crippen LogP contribution in [-0.4, -0.2) is 42.6 Å². The first-order chi connectivity index (χ1) is 13.5. The average Bonchev–Trinajstić information content (AvgIpc) is 2.74. The first-order valence-electron chi connectivity index (χ1n) is 9.14. The molecule has 0 saturated carbocycles. The number of carbonyl (C=O) groups excluding carboxylic acids is 2. The molecule has 1 aliphatic rings. The second-order valence-corrected chi connectivity index (χ2v) is 6.94. The lowest BCUT2D eigenvalue weighted by Crippen LogP contribution is -2.38. The lowest BCUT2D eigenvalue weighted by Gasteiger charge is -2.26. The highest BCUT2D eigenvalue weighted by atomic mass is 35.5. The number of nitrogens with zero attached hydrogens (tertiary/aromatic N) is 1. The fourth-order valence-corrected chi connectivity index (χ4v) is 3.04. The zero-order valence-electron chi connectivity index (χ0n) is 15.6. The molecule has 0 aromatic heterocycles. The van der Waals surface area contributed by atoms with Crippen molar-refractivity contribution < 1.29 is 19.1 Å². The molecule has 5 nitrogen and oxygen atoms in total. The normalized spacial score (nSPS) is 14.8. The molecule has 1 aliphatic heterocycles. The van der Waals surface area contributed by atoms with Crippen molar-refractivity contribution in [3.63, 3.8) is 0 Å². The van der Waals surface area contributed by atoms with Crippen LogP contribution in [0.25, 0.3) is 5.57 Å². The fourth-order valence-electron chi connectivity index (χ4n) is 2.92. The van der Waals surface area contributed by atoms with Gasteiger partial charge in [0.25, 0.3) is 5.91 Å². The number of esters is 1. The van der Waals surface area contributed by atoms with Gasteiger partial charge in [-0.25, -0.2) is 4.79 Å². The van der Waals surface area contributed by atoms with Crippen LogP contribution in [0.3, 0.4) is 0 Å². The van der Waals surface area contributed by atoms with Crippen molar-refractivity contribution in [3.8, 4) is 5.75 Å². The van der Waals surface area contributed by atoms with E-state index in [4.69, 9.17) is 21.1 Å². The molecule has 2 aromatic rings. The quantitative estimate of drug-likeness (QED) is 0.690. The molecular formula is C22H22ClNO4. The number of hydrogen-bond donors (Lipinski definition) is 0. The maximum Gasteiger partial charge on any atom is 0.347 e. The number of carbonyl (C=O) groups is 2. The summed E-state index contributed by atoms with van der Waals surface area (Å²) in [6, 6.07) is 16.8. The van der Waals surface area contributed by atoms with E-state index >= 15 is 0 Å². The van der Waals surface area contributed by atoms with E-state index in [9.17, 15) is 9.59 Å². The van der Waals surface area contributed by atoms with Crippen LogP contribution in [0.15, 0.2) is 60.7 Å². The van der Waals surface area contributed by atoms with E-state index in [2.05, 4.69) is 12.1 Å². The van der Waals surface area contributed by atoms with Crippen molar-refractivity contribution in [2.45, 2.75) is 19.4 Å². The monoisotopic (exact) mass is 399 g/mol. The number of ether oxygens (including phenoxy) is 2. The molecule has 1 atom stereocenters. The predicted molar refractivity (Wildman–Crippen MR) is 108 cm³/mol. The molecule has 1 heterocycles. The summed E-state index contributed by atoms with van der Waals surface area (Å²) < 4.78 is 10.6. The molecule has 28 heavy (non-hydrogen) atoms. The molecule has 3 rings (SSSR count). The second kappa shape index (κ2) is 9.42. The summed E-state index contributed by atoms with van der Waals surface area (Å²) in [4.78, 5) is 26.1. The number of hydrogen-bond acceptors (Lipinski definition) is 4. The van der Waals surface area contributed by atoms with E-state index in [1.54, 1.807) is 36.1 Å². The van der Waals surface area contributed by atoms with Crippen LogP contribution in [0.2, 0.25) is 5.02 Å². The summed E-state index contributed by atoms with van der Waals surface area (Å²) >= 11 is 5.82. The maximum atomic E-state index is 12.3. The Bertz CT molecular complexity index is 849. The Morgan fingerprint density at radius 3 is 2.46 bits per heavy atom. The summed E-state index contributed by atoms with van der Waals surface area (Å²) in [6.45, 7) is 2.41. The van der Waals surface area contributed by atoms with Crippen molar-refractivity contribution in [3.05, 3.63) is 71.3 Å². The summed E-state index contributed by atoms with van der Waals surface area (Å²) in [7, 11) is 0. The van der Waals surface area contributed by atoms with E-state index in [0.717, 1.165) is 6.42 Å². The molecule has 0 saturated heterocycles. The van der Waals surface area contributed by atoms with Gasteiger partial charge in [0, 0.05) is 18.1 Å². The molecule has 6 heteroatoms. The van der Waals surface area contributed by atoms with Crippen LogP contribution in [0.4, 0.5) is 0 Å². The first kappa shape index (κ1) is 20.0. The number of rotatable bonds is 6.